The van der Waals surface area contributed by atoms with Crippen LogP contribution in [0.4, 0.5) is 0 Å². The van der Waals surface area contributed by atoms with Crippen LogP contribution in [-0.2, 0) is 49.6 Å². The Bertz CT molecular complexity index is 2120. The molecular weight excluding hydrogens is 849 g/mol. The number of aliphatic hydroxyl groups excluding tert-OH is 3. The molecule has 1 aromatic carbocycles. The minimum absolute atomic E-state index is 0.146. The van der Waals surface area contributed by atoms with Crippen molar-refractivity contribution in [3.63, 3.8) is 0 Å². The normalized spacial score (nSPS) is 27.6. The maximum Gasteiger partial charge on any atom is 0.246 e. The number of primary amides is 1. The zero-order chi connectivity index (χ0) is 46.3. The van der Waals surface area contributed by atoms with Gasteiger partial charge in [-0.3, -0.25) is 43.2 Å². The van der Waals surface area contributed by atoms with Gasteiger partial charge in [0, 0.05) is 42.5 Å². The van der Waals surface area contributed by atoms with Crippen molar-refractivity contribution in [3.8, 4) is 5.75 Å². The van der Waals surface area contributed by atoms with E-state index in [9.17, 15) is 63.6 Å². The predicted octanol–water partition coefficient (Wildman–Crippen LogP) is -4.94. The second-order valence-corrected chi connectivity index (χ2v) is 17.0. The average Bonchev–Trinajstić information content (AvgIpc) is 3.80. The highest BCUT2D eigenvalue weighted by Gasteiger charge is 2.45. The molecule has 10 atom stereocenters. The molecule has 1 aromatic heterocycles. The minimum Gasteiger partial charge on any atom is -0.508 e. The molecule has 24 heteroatoms. The van der Waals surface area contributed by atoms with Gasteiger partial charge in [0.15, 0.2) is 0 Å². The molecule has 4 heterocycles. The number of aliphatic hydroxyl groups is 3. The molecule has 344 valence electrons. The van der Waals surface area contributed by atoms with Crippen LogP contribution in [0.5, 0.6) is 5.75 Å². The number of H-pyrrole nitrogens is 1. The van der Waals surface area contributed by atoms with Gasteiger partial charge in [-0.15, -0.1) is 11.8 Å². The summed E-state index contributed by atoms with van der Waals surface area (Å²) in [6.07, 6.45) is -4.01. The number of benzene rings is 1. The molecule has 63 heavy (non-hydrogen) atoms. The number of hydrogen-bond acceptors (Lipinski definition) is 14. The molecule has 5 rings (SSSR count). The first-order valence-electron chi connectivity index (χ1n) is 20.4. The largest absolute Gasteiger partial charge is 0.508 e. The third-order valence-electron chi connectivity index (χ3n) is 11.4. The third-order valence-corrected chi connectivity index (χ3v) is 12.5. The Morgan fingerprint density at radius 2 is 1.56 bits per heavy atom. The molecule has 0 aliphatic carbocycles. The number of phenols is 1. The number of phenolic OH excluding ortho intramolecular Hbond substituents is 1. The lowest BCUT2D eigenvalue weighted by molar-refractivity contribution is -0.144. The number of rotatable bonds is 7. The third kappa shape index (κ3) is 11.7. The van der Waals surface area contributed by atoms with E-state index < -0.39 is 146 Å². The highest BCUT2D eigenvalue weighted by Crippen LogP contribution is 2.33. The number of aromatic nitrogens is 1. The van der Waals surface area contributed by atoms with Crippen molar-refractivity contribution in [1.82, 2.24) is 47.1 Å². The summed E-state index contributed by atoms with van der Waals surface area (Å²) in [6, 6.07) is -5.00. The van der Waals surface area contributed by atoms with Gasteiger partial charge in [0.25, 0.3) is 0 Å². The summed E-state index contributed by atoms with van der Waals surface area (Å²) in [7, 11) is 0. The number of thioether (sulfide) groups is 1. The molecule has 23 nitrogen and oxygen atoms in total. The fourth-order valence-corrected chi connectivity index (χ4v) is 8.68. The van der Waals surface area contributed by atoms with Crippen molar-refractivity contribution in [3.05, 3.63) is 23.8 Å². The SMILES string of the molecule is CC[C@H](C)[C@@H]1NC(=O)CNC(=O)C2Cc3c([nH]c4cc(O)ccc34)SCC(NC(=O)CNC1=O)C(=O)N[C@@H](CC(N)=O)C(=O)N1CC(O)CC1C(=O)N[C@@H]([C@@H](C)[C@@H](O)CO)C(=O)N2. The van der Waals surface area contributed by atoms with Crippen LogP contribution in [0.25, 0.3) is 10.9 Å². The van der Waals surface area contributed by atoms with Gasteiger partial charge in [0.05, 0.1) is 48.9 Å². The van der Waals surface area contributed by atoms with E-state index in [-0.39, 0.29) is 29.4 Å². The van der Waals surface area contributed by atoms with Gasteiger partial charge < -0.3 is 73.3 Å². The topological polar surface area (TPSA) is 364 Å². The molecule has 0 spiro atoms. The predicted molar refractivity (Wildman–Crippen MR) is 222 cm³/mol. The number of fused-ring (bicyclic) bond motifs is 5. The van der Waals surface area contributed by atoms with Crippen molar-refractivity contribution < 1.29 is 63.6 Å². The average molecular weight is 903 g/mol. The monoisotopic (exact) mass is 902 g/mol. The zero-order valence-corrected chi connectivity index (χ0v) is 35.6. The lowest BCUT2D eigenvalue weighted by Crippen LogP contribution is -2.62. The molecule has 4 unspecified atom stereocenters. The van der Waals surface area contributed by atoms with Gasteiger partial charge in [-0.2, -0.15) is 0 Å². The van der Waals surface area contributed by atoms with Crippen LogP contribution in [0, 0.1) is 11.8 Å². The number of nitrogens with one attached hydrogen (secondary N) is 8. The fraction of sp³-hybridized carbons (Fsp3) is 0.564. The Morgan fingerprint density at radius 1 is 0.873 bits per heavy atom. The summed E-state index contributed by atoms with van der Waals surface area (Å²) >= 11 is 0.949. The van der Waals surface area contributed by atoms with Crippen LogP contribution in [-0.4, -0.2) is 164 Å². The molecule has 2 aromatic rings. The Kier molecular flexibility index (Phi) is 16.0. The van der Waals surface area contributed by atoms with Crippen LogP contribution in [0.15, 0.2) is 23.2 Å². The Morgan fingerprint density at radius 3 is 2.22 bits per heavy atom. The first-order valence-corrected chi connectivity index (χ1v) is 21.4. The van der Waals surface area contributed by atoms with Gasteiger partial charge >= 0.3 is 0 Å². The van der Waals surface area contributed by atoms with Crippen molar-refractivity contribution in [1.29, 1.82) is 0 Å². The molecule has 1 fully saturated rings. The molecule has 3 aliphatic heterocycles. The van der Waals surface area contributed by atoms with Gasteiger partial charge in [0.2, 0.25) is 53.2 Å². The number of hydrogen-bond donors (Lipinski definition) is 13. The standard InChI is InChI=1S/C39H54N10O13S/c1-4-16(2)31-36(60)42-11-29(55)43-25-15-63-38-21(20-6-5-18(51)7-22(20)46-38)9-23(33(57)41-12-30(56)47-31)44-37(61)32(17(3)27(53)14-50)48-35(59)26-8-19(52)13-49(26)39(62)24(10-28(40)54)45-34(25)58/h5-7,16-17,19,23-27,31-32,46,50-53H,4,8-15H2,1-3H3,(H2,40,54)(H,41,57)(H,42,60)(H,43,55)(H,44,61)(H,45,58)(H,47,56)(H,48,59)/t16-,17-,19?,23?,24-,25?,26?,27-,31-,32-/m0/s1. The van der Waals surface area contributed by atoms with Crippen LogP contribution < -0.4 is 43.0 Å². The molecular formula is C39H54N10O13S. The van der Waals surface area contributed by atoms with E-state index in [0.717, 1.165) is 16.7 Å². The number of amides is 9. The number of aromatic amines is 1. The van der Waals surface area contributed by atoms with Crippen molar-refractivity contribution in [2.75, 3.05) is 32.0 Å². The number of nitrogens with two attached hydrogens (primary N) is 1. The van der Waals surface area contributed by atoms with E-state index >= 15 is 0 Å². The molecule has 3 aliphatic rings. The maximum atomic E-state index is 14.4. The zero-order valence-electron chi connectivity index (χ0n) is 34.8. The molecule has 0 radical (unpaired) electrons. The van der Waals surface area contributed by atoms with Crippen molar-refractivity contribution in [2.45, 2.75) is 99.9 Å². The van der Waals surface area contributed by atoms with Crippen LogP contribution in [0.3, 0.4) is 0 Å². The van der Waals surface area contributed by atoms with Gasteiger partial charge in [0.1, 0.15) is 42.0 Å². The van der Waals surface area contributed by atoms with Crippen LogP contribution >= 0.6 is 11.8 Å². The number of aromatic hydroxyl groups is 1. The van der Waals surface area contributed by atoms with E-state index in [1.54, 1.807) is 13.8 Å². The second-order valence-electron chi connectivity index (χ2n) is 15.9. The van der Waals surface area contributed by atoms with Gasteiger partial charge in [-0.1, -0.05) is 27.2 Å². The first kappa shape index (κ1) is 48.1. The summed E-state index contributed by atoms with van der Waals surface area (Å²) < 4.78 is 0. The van der Waals surface area contributed by atoms with E-state index in [4.69, 9.17) is 5.73 Å². The lowest BCUT2D eigenvalue weighted by atomic mass is 9.93. The summed E-state index contributed by atoms with van der Waals surface area (Å²) in [5, 5.41) is 59.9. The van der Waals surface area contributed by atoms with Crippen LogP contribution in [0.1, 0.15) is 45.6 Å². The summed E-state index contributed by atoms with van der Waals surface area (Å²) in [4.78, 5) is 128. The summed E-state index contributed by atoms with van der Waals surface area (Å²) in [5.74, 6) is -10.7. The Labute approximate surface area is 364 Å². The van der Waals surface area contributed by atoms with Crippen molar-refractivity contribution >= 4 is 75.8 Å². The van der Waals surface area contributed by atoms with E-state index in [0.29, 0.717) is 22.9 Å². The Hall–Kier alpha value is -5.98. The quantitative estimate of drug-likeness (QED) is 0.124. The van der Waals surface area contributed by atoms with E-state index in [2.05, 4.69) is 42.2 Å². The van der Waals surface area contributed by atoms with Gasteiger partial charge in [-0.25, -0.2) is 0 Å². The second kappa shape index (κ2) is 20.9. The molecule has 14 N–H and O–H groups in total. The Balaban J connectivity index is 1.70. The lowest BCUT2D eigenvalue weighted by Gasteiger charge is -2.32. The minimum atomic E-state index is -1.75. The van der Waals surface area contributed by atoms with Gasteiger partial charge in [-0.05, 0) is 23.6 Å². The van der Waals surface area contributed by atoms with Crippen molar-refractivity contribution in [2.24, 2.45) is 17.6 Å². The number of nitrogens with zero attached hydrogens (tertiary/aromatic N) is 1. The fourth-order valence-electron chi connectivity index (χ4n) is 7.56. The highest BCUT2D eigenvalue weighted by atomic mass is 32.2. The van der Waals surface area contributed by atoms with E-state index in [1.807, 2.05) is 0 Å². The van der Waals surface area contributed by atoms with Crippen LogP contribution in [0.2, 0.25) is 0 Å². The molecule has 2 bridgehead atoms. The first-order chi connectivity index (χ1) is 29.8. The number of carbonyl (C=O) groups is 9. The molecule has 9 amide bonds. The molecule has 1 saturated heterocycles. The smallest absolute Gasteiger partial charge is 0.246 e. The molecule has 0 saturated carbocycles. The number of carbonyl (C=O) groups excluding carboxylic acids is 9. The maximum absolute atomic E-state index is 14.4. The highest BCUT2D eigenvalue weighted by molar-refractivity contribution is 7.99. The van der Waals surface area contributed by atoms with E-state index in [1.165, 1.54) is 25.1 Å². The summed E-state index contributed by atoms with van der Waals surface area (Å²) in [6.45, 7) is 2.08. The summed E-state index contributed by atoms with van der Waals surface area (Å²) in [5.41, 5.74) is 6.19.